The van der Waals surface area contributed by atoms with Crippen LogP contribution in [0.25, 0.3) is 0 Å². The molecule has 1 atom stereocenters. The van der Waals surface area contributed by atoms with Gasteiger partial charge in [0.1, 0.15) is 5.75 Å². The number of benzene rings is 2. The lowest BCUT2D eigenvalue weighted by atomic mass is 10.0. The lowest BCUT2D eigenvalue weighted by Gasteiger charge is -2.12. The van der Waals surface area contributed by atoms with Gasteiger partial charge >= 0.3 is 0 Å². The molecule has 2 aromatic carbocycles. The Hall–Kier alpha value is -1.41. The minimum Gasteiger partial charge on any atom is -0.508 e. The molecule has 19 heavy (non-hydrogen) atoms. The Morgan fingerprint density at radius 3 is 2.00 bits per heavy atom. The third-order valence-electron chi connectivity index (χ3n) is 3.16. The molecule has 1 nitrogen and oxygen atoms in total. The lowest BCUT2D eigenvalue weighted by molar-refractivity contribution is 0.475. The van der Waals surface area contributed by atoms with E-state index in [1.807, 2.05) is 12.1 Å². The van der Waals surface area contributed by atoms with Gasteiger partial charge in [0.25, 0.3) is 0 Å². The first kappa shape index (κ1) is 14.0. The van der Waals surface area contributed by atoms with Crippen LogP contribution < -0.4 is 0 Å². The molecular weight excluding hydrogens is 252 g/mol. The average Bonchev–Trinajstić information content (AvgIpc) is 2.30. The van der Waals surface area contributed by atoms with E-state index < -0.39 is 0 Å². The number of thiol groups is 1. The smallest absolute Gasteiger partial charge is 0.115 e. The van der Waals surface area contributed by atoms with Gasteiger partial charge in [0.05, 0.1) is 0 Å². The zero-order valence-electron chi connectivity index (χ0n) is 11.4. The van der Waals surface area contributed by atoms with Crippen LogP contribution in [0.1, 0.15) is 22.3 Å². The maximum atomic E-state index is 9.27. The molecule has 0 aliphatic rings. The molecule has 0 radical (unpaired) electrons. The van der Waals surface area contributed by atoms with Gasteiger partial charge in [0, 0.05) is 5.25 Å². The summed E-state index contributed by atoms with van der Waals surface area (Å²) in [5.74, 6) is 0.314. The number of aromatic hydroxyl groups is 1. The van der Waals surface area contributed by atoms with E-state index in [9.17, 15) is 5.11 Å². The fourth-order valence-electron chi connectivity index (χ4n) is 2.44. The molecular formula is C17H20OS. The quantitative estimate of drug-likeness (QED) is 0.803. The highest BCUT2D eigenvalue weighted by molar-refractivity contribution is 7.80. The molecule has 0 aliphatic carbocycles. The van der Waals surface area contributed by atoms with Gasteiger partial charge in [0.2, 0.25) is 0 Å². The highest BCUT2D eigenvalue weighted by Crippen LogP contribution is 2.18. The van der Waals surface area contributed by atoms with Gasteiger partial charge < -0.3 is 5.11 Å². The Labute approximate surface area is 120 Å². The van der Waals surface area contributed by atoms with Crippen LogP contribution in [0.15, 0.2) is 42.5 Å². The summed E-state index contributed by atoms with van der Waals surface area (Å²) in [6, 6.07) is 14.0. The number of rotatable bonds is 4. The Morgan fingerprint density at radius 2 is 1.42 bits per heavy atom. The van der Waals surface area contributed by atoms with Crippen LogP contribution in [0, 0.1) is 13.8 Å². The van der Waals surface area contributed by atoms with Crippen LogP contribution in [0.4, 0.5) is 0 Å². The monoisotopic (exact) mass is 272 g/mol. The summed E-state index contributed by atoms with van der Waals surface area (Å²) >= 11 is 4.68. The minimum absolute atomic E-state index is 0.297. The van der Waals surface area contributed by atoms with Crippen molar-refractivity contribution < 1.29 is 5.11 Å². The number of phenolic OH excluding ortho intramolecular Hbond substituents is 1. The third kappa shape index (κ3) is 4.32. The van der Waals surface area contributed by atoms with Crippen molar-refractivity contribution in [3.63, 3.8) is 0 Å². The predicted octanol–water partition coefficient (Wildman–Crippen LogP) is 4.09. The lowest BCUT2D eigenvalue weighted by Crippen LogP contribution is -2.07. The molecule has 0 saturated carbocycles. The summed E-state index contributed by atoms with van der Waals surface area (Å²) in [5.41, 5.74) is 5.17. The molecule has 2 rings (SSSR count). The molecule has 0 heterocycles. The Kier molecular flexibility index (Phi) is 4.54. The van der Waals surface area contributed by atoms with E-state index in [1.165, 1.54) is 22.3 Å². The van der Waals surface area contributed by atoms with Crippen molar-refractivity contribution in [1.29, 1.82) is 0 Å². The molecule has 2 heteroatoms. The van der Waals surface area contributed by atoms with E-state index in [1.54, 1.807) is 12.1 Å². The molecule has 0 aromatic heterocycles. The highest BCUT2D eigenvalue weighted by atomic mass is 32.1. The van der Waals surface area contributed by atoms with Crippen LogP contribution >= 0.6 is 12.6 Å². The van der Waals surface area contributed by atoms with Crippen molar-refractivity contribution in [3.05, 3.63) is 64.7 Å². The van der Waals surface area contributed by atoms with Crippen molar-refractivity contribution >= 4 is 12.6 Å². The molecule has 0 bridgehead atoms. The second-order valence-corrected chi connectivity index (χ2v) is 5.95. The highest BCUT2D eigenvalue weighted by Gasteiger charge is 2.07. The zero-order valence-corrected chi connectivity index (χ0v) is 12.3. The van der Waals surface area contributed by atoms with Crippen molar-refractivity contribution in [2.24, 2.45) is 0 Å². The van der Waals surface area contributed by atoms with Crippen LogP contribution in [-0.2, 0) is 12.8 Å². The van der Waals surface area contributed by atoms with E-state index in [0.29, 0.717) is 11.0 Å². The van der Waals surface area contributed by atoms with E-state index >= 15 is 0 Å². The topological polar surface area (TPSA) is 20.2 Å². The molecule has 1 N–H and O–H groups in total. The molecule has 2 aromatic rings. The van der Waals surface area contributed by atoms with E-state index in [4.69, 9.17) is 0 Å². The van der Waals surface area contributed by atoms with Gasteiger partial charge in [-0.15, -0.1) is 0 Å². The fourth-order valence-corrected chi connectivity index (χ4v) is 2.86. The van der Waals surface area contributed by atoms with E-state index in [-0.39, 0.29) is 0 Å². The van der Waals surface area contributed by atoms with Crippen molar-refractivity contribution in [1.82, 2.24) is 0 Å². The second-order valence-electron chi connectivity index (χ2n) is 5.22. The number of hydrogen-bond donors (Lipinski definition) is 2. The first-order valence-corrected chi connectivity index (χ1v) is 7.08. The first-order valence-electron chi connectivity index (χ1n) is 6.56. The predicted molar refractivity (Wildman–Crippen MR) is 84.2 cm³/mol. The summed E-state index contributed by atoms with van der Waals surface area (Å²) in [7, 11) is 0. The Balaban J connectivity index is 2.00. The Bertz CT molecular complexity index is 525. The number of aryl methyl sites for hydroxylation is 2. The maximum absolute atomic E-state index is 9.27. The zero-order chi connectivity index (χ0) is 13.8. The fraction of sp³-hybridized carbons (Fsp3) is 0.294. The second kappa shape index (κ2) is 6.16. The Morgan fingerprint density at radius 1 is 0.895 bits per heavy atom. The van der Waals surface area contributed by atoms with Crippen molar-refractivity contribution in [2.75, 3.05) is 0 Å². The van der Waals surface area contributed by atoms with Crippen LogP contribution in [0.2, 0.25) is 0 Å². The SMILES string of the molecule is Cc1cc(C)cc(CC(S)Cc2ccc(O)cc2)c1. The molecule has 1 unspecified atom stereocenters. The molecule has 100 valence electrons. The van der Waals surface area contributed by atoms with Crippen LogP contribution in [-0.4, -0.2) is 10.4 Å². The van der Waals surface area contributed by atoms with E-state index in [2.05, 4.69) is 44.7 Å². The molecule has 0 amide bonds. The van der Waals surface area contributed by atoms with Crippen LogP contribution in [0.3, 0.4) is 0 Å². The summed E-state index contributed by atoms with van der Waals surface area (Å²) < 4.78 is 0. The first-order chi connectivity index (χ1) is 9.02. The van der Waals surface area contributed by atoms with Gasteiger partial charge in [0.15, 0.2) is 0 Å². The summed E-state index contributed by atoms with van der Waals surface area (Å²) in [4.78, 5) is 0. The van der Waals surface area contributed by atoms with E-state index in [0.717, 1.165) is 12.8 Å². The molecule has 0 fully saturated rings. The van der Waals surface area contributed by atoms with Crippen molar-refractivity contribution in [2.45, 2.75) is 31.9 Å². The third-order valence-corrected chi connectivity index (χ3v) is 3.53. The summed E-state index contributed by atoms with van der Waals surface area (Å²) in [5, 5.41) is 9.56. The minimum atomic E-state index is 0.297. The molecule has 0 aliphatic heterocycles. The summed E-state index contributed by atoms with van der Waals surface area (Å²) in [6.45, 7) is 4.26. The van der Waals surface area contributed by atoms with Gasteiger partial charge in [-0.25, -0.2) is 0 Å². The van der Waals surface area contributed by atoms with Gasteiger partial charge in [-0.05, 0) is 49.9 Å². The van der Waals surface area contributed by atoms with Gasteiger partial charge in [-0.1, -0.05) is 41.5 Å². The number of phenols is 1. The van der Waals surface area contributed by atoms with Gasteiger partial charge in [-0.3, -0.25) is 0 Å². The van der Waals surface area contributed by atoms with Crippen molar-refractivity contribution in [3.8, 4) is 5.75 Å². The number of hydrogen-bond acceptors (Lipinski definition) is 2. The molecule has 0 saturated heterocycles. The normalized spacial score (nSPS) is 12.4. The molecule has 0 spiro atoms. The summed E-state index contributed by atoms with van der Waals surface area (Å²) in [6.07, 6.45) is 1.88. The largest absolute Gasteiger partial charge is 0.508 e. The maximum Gasteiger partial charge on any atom is 0.115 e. The van der Waals surface area contributed by atoms with Gasteiger partial charge in [-0.2, -0.15) is 12.6 Å². The van der Waals surface area contributed by atoms with Crippen LogP contribution in [0.5, 0.6) is 5.75 Å². The standard InChI is InChI=1S/C17H20OS/c1-12-7-13(2)9-15(8-12)11-17(19)10-14-3-5-16(18)6-4-14/h3-9,17-19H,10-11H2,1-2H3. The average molecular weight is 272 g/mol.